The van der Waals surface area contributed by atoms with E-state index in [9.17, 15) is 0 Å². The number of aryl methyl sites for hydroxylation is 1. The molecule has 0 saturated carbocycles. The van der Waals surface area contributed by atoms with Crippen LogP contribution in [0.15, 0.2) is 18.2 Å². The lowest BCUT2D eigenvalue weighted by Gasteiger charge is -2.09. The van der Waals surface area contributed by atoms with Gasteiger partial charge in [0.05, 0.1) is 11.6 Å². The molecule has 0 amide bonds. The normalized spacial score (nSPS) is 11.1. The number of halogens is 1. The Hall–Kier alpha value is -0.730. The second-order valence-corrected chi connectivity index (χ2v) is 6.20. The molecule has 114 valence electrons. The summed E-state index contributed by atoms with van der Waals surface area (Å²) < 4.78 is 5.73. The summed E-state index contributed by atoms with van der Waals surface area (Å²) >= 11 is 6.09. The number of rotatable bonds is 10. The van der Waals surface area contributed by atoms with Crippen LogP contribution in [0.4, 0.5) is 0 Å². The Morgan fingerprint density at radius 1 is 1.15 bits per heavy atom. The van der Waals surface area contributed by atoms with Crippen LogP contribution in [0.3, 0.4) is 0 Å². The van der Waals surface area contributed by atoms with E-state index in [1.54, 1.807) is 0 Å². The fraction of sp³-hybridized carbons (Fsp3) is 0.647. The summed E-state index contributed by atoms with van der Waals surface area (Å²) in [6, 6.07) is 5.89. The van der Waals surface area contributed by atoms with Gasteiger partial charge < -0.3 is 10.1 Å². The van der Waals surface area contributed by atoms with Crippen LogP contribution in [0.1, 0.15) is 45.1 Å². The van der Waals surface area contributed by atoms with Gasteiger partial charge in [0, 0.05) is 0 Å². The molecule has 0 radical (unpaired) electrons. The quantitative estimate of drug-likeness (QED) is 0.624. The van der Waals surface area contributed by atoms with E-state index in [1.165, 1.54) is 24.8 Å². The molecule has 20 heavy (non-hydrogen) atoms. The molecule has 1 N–H and O–H groups in total. The van der Waals surface area contributed by atoms with Crippen molar-refractivity contribution >= 4 is 11.6 Å². The van der Waals surface area contributed by atoms with Gasteiger partial charge in [-0.25, -0.2) is 0 Å². The van der Waals surface area contributed by atoms with Crippen LogP contribution in [0, 0.1) is 12.8 Å². The fourth-order valence-corrected chi connectivity index (χ4v) is 2.17. The third kappa shape index (κ3) is 7.76. The number of ether oxygens (including phenoxy) is 1. The number of hydrogen-bond donors (Lipinski definition) is 1. The predicted octanol–water partition coefficient (Wildman–Crippen LogP) is 4.83. The standard InChI is InChI=1S/C17H28ClNO/c1-14(2)13-19-10-6-4-5-7-11-20-17-12-15(3)8-9-16(17)18/h8-9,12,14,19H,4-7,10-11,13H2,1-3H3. The summed E-state index contributed by atoms with van der Waals surface area (Å²) in [4.78, 5) is 0. The summed E-state index contributed by atoms with van der Waals surface area (Å²) in [5, 5.41) is 4.17. The maximum absolute atomic E-state index is 6.09. The monoisotopic (exact) mass is 297 g/mol. The lowest BCUT2D eigenvalue weighted by Crippen LogP contribution is -2.20. The molecule has 0 aliphatic rings. The molecule has 1 rings (SSSR count). The summed E-state index contributed by atoms with van der Waals surface area (Å²) in [7, 11) is 0. The van der Waals surface area contributed by atoms with Crippen LogP contribution >= 0.6 is 11.6 Å². The van der Waals surface area contributed by atoms with Crippen LogP contribution in [0.5, 0.6) is 5.75 Å². The first-order chi connectivity index (χ1) is 9.59. The SMILES string of the molecule is Cc1ccc(Cl)c(OCCCCCCNCC(C)C)c1. The maximum Gasteiger partial charge on any atom is 0.138 e. The smallest absolute Gasteiger partial charge is 0.138 e. The van der Waals surface area contributed by atoms with Crippen molar-refractivity contribution in [2.45, 2.75) is 46.5 Å². The van der Waals surface area contributed by atoms with E-state index < -0.39 is 0 Å². The minimum atomic E-state index is 0.702. The average molecular weight is 298 g/mol. The van der Waals surface area contributed by atoms with Crippen molar-refractivity contribution < 1.29 is 4.74 Å². The molecule has 3 heteroatoms. The van der Waals surface area contributed by atoms with E-state index >= 15 is 0 Å². The topological polar surface area (TPSA) is 21.3 Å². The van der Waals surface area contributed by atoms with Gasteiger partial charge in [-0.05, 0) is 56.5 Å². The second-order valence-electron chi connectivity index (χ2n) is 5.79. The van der Waals surface area contributed by atoms with Crippen LogP contribution in [-0.2, 0) is 0 Å². The Labute approximate surface area is 128 Å². The zero-order valence-corrected chi connectivity index (χ0v) is 13.8. The van der Waals surface area contributed by atoms with Crippen LogP contribution < -0.4 is 10.1 Å². The highest BCUT2D eigenvalue weighted by atomic mass is 35.5. The molecule has 2 nitrogen and oxygen atoms in total. The molecular formula is C17H28ClNO. The number of hydrogen-bond acceptors (Lipinski definition) is 2. The Kier molecular flexibility index (Phi) is 8.72. The van der Waals surface area contributed by atoms with Crippen molar-refractivity contribution in [1.29, 1.82) is 0 Å². The molecular weight excluding hydrogens is 270 g/mol. The van der Waals surface area contributed by atoms with Gasteiger partial charge in [-0.3, -0.25) is 0 Å². The van der Waals surface area contributed by atoms with E-state index in [-0.39, 0.29) is 0 Å². The van der Waals surface area contributed by atoms with Crippen LogP contribution in [0.25, 0.3) is 0 Å². The molecule has 0 fully saturated rings. The minimum absolute atomic E-state index is 0.702. The van der Waals surface area contributed by atoms with Gasteiger partial charge in [0.2, 0.25) is 0 Å². The Morgan fingerprint density at radius 3 is 2.65 bits per heavy atom. The average Bonchev–Trinajstić information content (AvgIpc) is 2.40. The first-order valence-corrected chi connectivity index (χ1v) is 8.07. The van der Waals surface area contributed by atoms with E-state index in [1.807, 2.05) is 25.1 Å². The molecule has 0 aliphatic carbocycles. The highest BCUT2D eigenvalue weighted by molar-refractivity contribution is 6.32. The van der Waals surface area contributed by atoms with E-state index in [0.717, 1.165) is 37.8 Å². The van der Waals surface area contributed by atoms with Gasteiger partial charge in [0.15, 0.2) is 0 Å². The first-order valence-electron chi connectivity index (χ1n) is 7.69. The molecule has 1 aromatic rings. The van der Waals surface area contributed by atoms with E-state index in [2.05, 4.69) is 19.2 Å². The third-order valence-electron chi connectivity index (χ3n) is 3.14. The first kappa shape index (κ1) is 17.3. The molecule has 0 atom stereocenters. The largest absolute Gasteiger partial charge is 0.492 e. The zero-order chi connectivity index (χ0) is 14.8. The minimum Gasteiger partial charge on any atom is -0.492 e. The van der Waals surface area contributed by atoms with Gasteiger partial charge >= 0.3 is 0 Å². The summed E-state index contributed by atoms with van der Waals surface area (Å²) in [5.41, 5.74) is 1.18. The van der Waals surface area contributed by atoms with Crippen LogP contribution in [-0.4, -0.2) is 19.7 Å². The second kappa shape index (κ2) is 10.1. The molecule has 0 saturated heterocycles. The van der Waals surface area contributed by atoms with Crippen molar-refractivity contribution in [2.75, 3.05) is 19.7 Å². The molecule has 0 bridgehead atoms. The van der Waals surface area contributed by atoms with E-state index in [0.29, 0.717) is 5.02 Å². The van der Waals surface area contributed by atoms with Crippen molar-refractivity contribution in [2.24, 2.45) is 5.92 Å². The van der Waals surface area contributed by atoms with Gasteiger partial charge in [-0.15, -0.1) is 0 Å². The number of benzene rings is 1. The zero-order valence-electron chi connectivity index (χ0n) is 13.0. The fourth-order valence-electron chi connectivity index (χ4n) is 2.00. The molecule has 0 spiro atoms. The Bertz CT molecular complexity index is 379. The highest BCUT2D eigenvalue weighted by Crippen LogP contribution is 2.25. The molecule has 0 aromatic heterocycles. The summed E-state index contributed by atoms with van der Waals surface area (Å²) in [6.07, 6.45) is 4.81. The Morgan fingerprint density at radius 2 is 1.90 bits per heavy atom. The van der Waals surface area contributed by atoms with E-state index in [4.69, 9.17) is 16.3 Å². The molecule has 0 unspecified atom stereocenters. The summed E-state index contributed by atoms with van der Waals surface area (Å²) in [6.45, 7) is 9.52. The van der Waals surface area contributed by atoms with Crippen LogP contribution in [0.2, 0.25) is 5.02 Å². The Balaban J connectivity index is 2.01. The highest BCUT2D eigenvalue weighted by Gasteiger charge is 2.01. The van der Waals surface area contributed by atoms with Crippen molar-refractivity contribution in [3.8, 4) is 5.75 Å². The molecule has 0 aliphatic heterocycles. The van der Waals surface area contributed by atoms with Crippen molar-refractivity contribution in [1.82, 2.24) is 5.32 Å². The molecule has 1 aromatic carbocycles. The number of unbranched alkanes of at least 4 members (excludes halogenated alkanes) is 3. The number of nitrogens with one attached hydrogen (secondary N) is 1. The van der Waals surface area contributed by atoms with Gasteiger partial charge in [0.25, 0.3) is 0 Å². The van der Waals surface area contributed by atoms with Crippen molar-refractivity contribution in [3.05, 3.63) is 28.8 Å². The lowest BCUT2D eigenvalue weighted by atomic mass is 10.2. The molecule has 0 heterocycles. The predicted molar refractivity (Wildman–Crippen MR) is 87.9 cm³/mol. The lowest BCUT2D eigenvalue weighted by molar-refractivity contribution is 0.304. The maximum atomic E-state index is 6.09. The van der Waals surface area contributed by atoms with Gasteiger partial charge in [-0.2, -0.15) is 0 Å². The van der Waals surface area contributed by atoms with Crippen molar-refractivity contribution in [3.63, 3.8) is 0 Å². The third-order valence-corrected chi connectivity index (χ3v) is 3.46. The summed E-state index contributed by atoms with van der Waals surface area (Å²) in [5.74, 6) is 1.55. The van der Waals surface area contributed by atoms with Gasteiger partial charge in [0.1, 0.15) is 5.75 Å². The van der Waals surface area contributed by atoms with Gasteiger partial charge in [-0.1, -0.05) is 44.4 Å².